The number of ketones is 1. The molecular formula is C23H21N3O4. The van der Waals surface area contributed by atoms with E-state index >= 15 is 0 Å². The van der Waals surface area contributed by atoms with Crippen LogP contribution in [0, 0.1) is 0 Å². The molecule has 0 aliphatic heterocycles. The van der Waals surface area contributed by atoms with Gasteiger partial charge in [-0.25, -0.2) is 4.79 Å². The summed E-state index contributed by atoms with van der Waals surface area (Å²) in [5, 5.41) is 6.83. The zero-order chi connectivity index (χ0) is 21.3. The van der Waals surface area contributed by atoms with Gasteiger partial charge in [-0.3, -0.25) is 14.3 Å². The Kier molecular flexibility index (Phi) is 6.89. The summed E-state index contributed by atoms with van der Waals surface area (Å²) in [6, 6.07) is 16.5. The van der Waals surface area contributed by atoms with Crippen molar-refractivity contribution in [2.24, 2.45) is 0 Å². The fourth-order valence-corrected chi connectivity index (χ4v) is 2.76. The second-order valence-corrected chi connectivity index (χ2v) is 6.55. The first kappa shape index (κ1) is 20.7. The van der Waals surface area contributed by atoms with Crippen LogP contribution >= 0.6 is 0 Å². The fourth-order valence-electron chi connectivity index (χ4n) is 2.76. The number of carbonyl (C=O) groups is 3. The summed E-state index contributed by atoms with van der Waals surface area (Å²) in [7, 11) is 0. The number of para-hydroxylation sites is 1. The van der Waals surface area contributed by atoms with Crippen molar-refractivity contribution in [2.75, 3.05) is 11.9 Å². The Morgan fingerprint density at radius 2 is 1.80 bits per heavy atom. The first-order chi connectivity index (χ1) is 14.5. The molecule has 7 nitrogen and oxygen atoms in total. The Bertz CT molecular complexity index is 1070. The quantitative estimate of drug-likeness (QED) is 0.354. The SMILES string of the molecule is CC(=O)c1ccccc1NC(=O)COC(=O)/C=C/c1cnn(Cc2ccccc2)c1. The van der Waals surface area contributed by atoms with Crippen molar-refractivity contribution in [1.29, 1.82) is 0 Å². The van der Waals surface area contributed by atoms with Crippen LogP contribution in [0.15, 0.2) is 73.1 Å². The lowest BCUT2D eigenvalue weighted by Gasteiger charge is -2.08. The van der Waals surface area contributed by atoms with Crippen molar-refractivity contribution >= 4 is 29.4 Å². The third kappa shape index (κ3) is 6.00. The van der Waals surface area contributed by atoms with E-state index in [1.54, 1.807) is 41.2 Å². The molecule has 7 heteroatoms. The van der Waals surface area contributed by atoms with E-state index in [4.69, 9.17) is 4.74 Å². The molecule has 152 valence electrons. The zero-order valence-electron chi connectivity index (χ0n) is 16.4. The summed E-state index contributed by atoms with van der Waals surface area (Å²) in [5.74, 6) is -1.35. The summed E-state index contributed by atoms with van der Waals surface area (Å²) in [6.07, 6.45) is 6.25. The molecule has 0 aliphatic rings. The maximum Gasteiger partial charge on any atom is 0.331 e. The lowest BCUT2D eigenvalue weighted by molar-refractivity contribution is -0.142. The second kappa shape index (κ2) is 9.97. The average Bonchev–Trinajstić information content (AvgIpc) is 3.19. The number of nitrogens with one attached hydrogen (secondary N) is 1. The van der Waals surface area contributed by atoms with Gasteiger partial charge in [-0.2, -0.15) is 5.10 Å². The minimum atomic E-state index is -0.652. The Balaban J connectivity index is 1.48. The monoisotopic (exact) mass is 403 g/mol. The van der Waals surface area contributed by atoms with Gasteiger partial charge in [0.2, 0.25) is 0 Å². The largest absolute Gasteiger partial charge is 0.452 e. The summed E-state index contributed by atoms with van der Waals surface area (Å²) >= 11 is 0. The van der Waals surface area contributed by atoms with Crippen LogP contribution in [0.2, 0.25) is 0 Å². The molecule has 0 atom stereocenters. The van der Waals surface area contributed by atoms with Gasteiger partial charge in [0.15, 0.2) is 12.4 Å². The molecule has 0 fully saturated rings. The summed E-state index contributed by atoms with van der Waals surface area (Å²) in [5.41, 5.74) is 2.63. The van der Waals surface area contributed by atoms with Crippen LogP contribution in [-0.4, -0.2) is 34.0 Å². The Morgan fingerprint density at radius 3 is 2.57 bits per heavy atom. The smallest absolute Gasteiger partial charge is 0.331 e. The maximum absolute atomic E-state index is 12.0. The number of hydrogen-bond donors (Lipinski definition) is 1. The molecule has 0 radical (unpaired) electrons. The van der Waals surface area contributed by atoms with Crippen LogP contribution in [-0.2, 0) is 20.9 Å². The molecule has 0 saturated carbocycles. The second-order valence-electron chi connectivity index (χ2n) is 6.55. The third-order valence-corrected chi connectivity index (χ3v) is 4.18. The van der Waals surface area contributed by atoms with Gasteiger partial charge in [0.05, 0.1) is 18.4 Å². The van der Waals surface area contributed by atoms with Gasteiger partial charge in [0, 0.05) is 23.4 Å². The number of anilines is 1. The van der Waals surface area contributed by atoms with Crippen molar-refractivity contribution < 1.29 is 19.1 Å². The average molecular weight is 403 g/mol. The van der Waals surface area contributed by atoms with E-state index in [9.17, 15) is 14.4 Å². The van der Waals surface area contributed by atoms with E-state index in [2.05, 4.69) is 10.4 Å². The highest BCUT2D eigenvalue weighted by Crippen LogP contribution is 2.15. The van der Waals surface area contributed by atoms with Crippen LogP contribution in [0.25, 0.3) is 6.08 Å². The summed E-state index contributed by atoms with van der Waals surface area (Å²) < 4.78 is 6.71. The molecular weight excluding hydrogens is 382 g/mol. The highest BCUT2D eigenvalue weighted by molar-refractivity contribution is 6.04. The van der Waals surface area contributed by atoms with E-state index in [-0.39, 0.29) is 5.78 Å². The maximum atomic E-state index is 12.0. The Hall–Kier alpha value is -4.00. The number of rotatable bonds is 8. The van der Waals surface area contributed by atoms with Crippen molar-refractivity contribution in [1.82, 2.24) is 9.78 Å². The molecule has 1 amide bonds. The zero-order valence-corrected chi connectivity index (χ0v) is 16.4. The molecule has 3 rings (SSSR count). The summed E-state index contributed by atoms with van der Waals surface area (Å²) in [4.78, 5) is 35.5. The topological polar surface area (TPSA) is 90.3 Å². The van der Waals surface area contributed by atoms with Crippen molar-refractivity contribution in [3.63, 3.8) is 0 Å². The standard InChI is InChI=1S/C23H21N3O4/c1-17(27)20-9-5-6-10-21(20)25-22(28)16-30-23(29)12-11-19-13-24-26(15-19)14-18-7-3-2-4-8-18/h2-13,15H,14,16H2,1H3,(H,25,28)/b12-11+. The van der Waals surface area contributed by atoms with Gasteiger partial charge in [-0.05, 0) is 30.7 Å². The van der Waals surface area contributed by atoms with Gasteiger partial charge in [0.25, 0.3) is 5.91 Å². The van der Waals surface area contributed by atoms with E-state index < -0.39 is 18.5 Å². The number of Topliss-reactive ketones (excluding diaryl/α,β-unsaturated/α-hetero) is 1. The molecule has 0 aliphatic carbocycles. The highest BCUT2D eigenvalue weighted by Gasteiger charge is 2.11. The predicted molar refractivity (Wildman–Crippen MR) is 113 cm³/mol. The number of hydrogen-bond acceptors (Lipinski definition) is 5. The molecule has 1 aromatic heterocycles. The van der Waals surface area contributed by atoms with Crippen molar-refractivity contribution in [3.8, 4) is 0 Å². The van der Waals surface area contributed by atoms with E-state index in [1.807, 2.05) is 36.5 Å². The molecule has 30 heavy (non-hydrogen) atoms. The number of carbonyl (C=O) groups excluding carboxylic acids is 3. The van der Waals surface area contributed by atoms with Gasteiger partial charge < -0.3 is 10.1 Å². The number of amides is 1. The first-order valence-electron chi connectivity index (χ1n) is 9.32. The molecule has 1 heterocycles. The number of nitrogens with zero attached hydrogens (tertiary/aromatic N) is 2. The third-order valence-electron chi connectivity index (χ3n) is 4.18. The minimum absolute atomic E-state index is 0.168. The lowest BCUT2D eigenvalue weighted by atomic mass is 10.1. The van der Waals surface area contributed by atoms with Crippen LogP contribution < -0.4 is 5.32 Å². The molecule has 2 aromatic carbocycles. The van der Waals surface area contributed by atoms with E-state index in [0.717, 1.165) is 11.1 Å². The number of ether oxygens (including phenoxy) is 1. The van der Waals surface area contributed by atoms with E-state index in [0.29, 0.717) is 17.8 Å². The van der Waals surface area contributed by atoms with Crippen LogP contribution in [0.1, 0.15) is 28.4 Å². The fraction of sp³-hybridized carbons (Fsp3) is 0.130. The first-order valence-corrected chi connectivity index (χ1v) is 9.32. The number of aromatic nitrogens is 2. The van der Waals surface area contributed by atoms with Crippen LogP contribution in [0.5, 0.6) is 0 Å². The van der Waals surface area contributed by atoms with Crippen molar-refractivity contribution in [3.05, 3.63) is 89.8 Å². The van der Waals surface area contributed by atoms with Crippen LogP contribution in [0.4, 0.5) is 5.69 Å². The molecule has 0 unspecified atom stereocenters. The molecule has 0 spiro atoms. The van der Waals surface area contributed by atoms with Gasteiger partial charge in [-0.1, -0.05) is 42.5 Å². The lowest BCUT2D eigenvalue weighted by Crippen LogP contribution is -2.21. The van der Waals surface area contributed by atoms with Gasteiger partial charge >= 0.3 is 5.97 Å². The molecule has 1 N–H and O–H groups in total. The van der Waals surface area contributed by atoms with Gasteiger partial charge in [-0.15, -0.1) is 0 Å². The highest BCUT2D eigenvalue weighted by atomic mass is 16.5. The number of esters is 1. The van der Waals surface area contributed by atoms with E-state index in [1.165, 1.54) is 13.0 Å². The Labute approximate surface area is 174 Å². The normalized spacial score (nSPS) is 10.7. The minimum Gasteiger partial charge on any atom is -0.452 e. The molecule has 0 bridgehead atoms. The molecule has 3 aromatic rings. The molecule has 0 saturated heterocycles. The van der Waals surface area contributed by atoms with Gasteiger partial charge in [0.1, 0.15) is 0 Å². The Morgan fingerprint density at radius 1 is 1.07 bits per heavy atom. The summed E-state index contributed by atoms with van der Waals surface area (Å²) in [6.45, 7) is 1.58. The predicted octanol–water partition coefficient (Wildman–Crippen LogP) is 3.33. The van der Waals surface area contributed by atoms with Crippen molar-refractivity contribution in [2.45, 2.75) is 13.5 Å². The van der Waals surface area contributed by atoms with Crippen LogP contribution in [0.3, 0.4) is 0 Å². The number of benzene rings is 2.